The van der Waals surface area contributed by atoms with Crippen LogP contribution in [0, 0.1) is 0 Å². The number of anilines is 1. The Morgan fingerprint density at radius 2 is 1.59 bits per heavy atom. The summed E-state index contributed by atoms with van der Waals surface area (Å²) in [5.74, 6) is 0.359. The number of nitrogens with one attached hydrogen (secondary N) is 2. The van der Waals surface area contributed by atoms with E-state index in [1.54, 1.807) is 42.5 Å². The molecule has 0 spiro atoms. The van der Waals surface area contributed by atoms with Crippen LogP contribution in [0.5, 0.6) is 11.5 Å². The molecule has 2 amide bonds. The molecule has 7 heteroatoms. The predicted octanol–water partition coefficient (Wildman–Crippen LogP) is 5.74. The number of carbonyl (C=O) groups is 2. The summed E-state index contributed by atoms with van der Waals surface area (Å²) in [6.45, 7) is 0.149. The van der Waals surface area contributed by atoms with E-state index >= 15 is 0 Å². The molecule has 0 aliphatic carbocycles. The van der Waals surface area contributed by atoms with Gasteiger partial charge in [0, 0.05) is 10.2 Å². The summed E-state index contributed by atoms with van der Waals surface area (Å²) >= 11 is 3.39. The van der Waals surface area contributed by atoms with Gasteiger partial charge in [0.15, 0.2) is 11.5 Å². The predicted molar refractivity (Wildman–Crippen MR) is 135 cm³/mol. The number of rotatable bonds is 5. The van der Waals surface area contributed by atoms with Crippen LogP contribution < -0.4 is 20.1 Å². The Balaban J connectivity index is 1.46. The lowest BCUT2D eigenvalue weighted by Crippen LogP contribution is -2.31. The molecule has 1 heterocycles. The van der Waals surface area contributed by atoms with Crippen LogP contribution in [-0.4, -0.2) is 18.6 Å². The van der Waals surface area contributed by atoms with Gasteiger partial charge in [0.1, 0.15) is 5.70 Å². The number of ether oxygens (including phenoxy) is 2. The van der Waals surface area contributed by atoms with Gasteiger partial charge < -0.3 is 20.1 Å². The Kier molecular flexibility index (Phi) is 6.01. The molecule has 5 rings (SSSR count). The normalized spacial score (nSPS) is 12.4. The second kappa shape index (κ2) is 9.41. The molecule has 0 radical (unpaired) electrons. The SMILES string of the molecule is O=C(Nc1ccc2ccccc2c1)/C(=C/c1ccc2c(c1)OCO2)NC(=O)c1ccccc1Br. The summed E-state index contributed by atoms with van der Waals surface area (Å²) in [7, 11) is 0. The minimum absolute atomic E-state index is 0.0905. The molecule has 0 unspecified atom stereocenters. The van der Waals surface area contributed by atoms with Crippen molar-refractivity contribution in [2.45, 2.75) is 0 Å². The van der Waals surface area contributed by atoms with Crippen LogP contribution in [0.15, 0.2) is 95.1 Å². The fourth-order valence-electron chi connectivity index (χ4n) is 3.63. The fourth-order valence-corrected chi connectivity index (χ4v) is 4.09. The van der Waals surface area contributed by atoms with Crippen molar-refractivity contribution in [1.29, 1.82) is 0 Å². The van der Waals surface area contributed by atoms with Gasteiger partial charge >= 0.3 is 0 Å². The van der Waals surface area contributed by atoms with E-state index in [0.717, 1.165) is 10.8 Å². The van der Waals surface area contributed by atoms with Gasteiger partial charge in [-0.15, -0.1) is 0 Å². The van der Waals surface area contributed by atoms with E-state index in [9.17, 15) is 9.59 Å². The first-order valence-electron chi connectivity index (χ1n) is 10.5. The van der Waals surface area contributed by atoms with E-state index in [-0.39, 0.29) is 12.5 Å². The van der Waals surface area contributed by atoms with Gasteiger partial charge in [-0.1, -0.05) is 48.5 Å². The third kappa shape index (κ3) is 4.65. The Hall–Kier alpha value is -4.10. The zero-order valence-corrected chi connectivity index (χ0v) is 19.5. The number of halogens is 1. The lowest BCUT2D eigenvalue weighted by molar-refractivity contribution is -0.113. The number of hydrogen-bond acceptors (Lipinski definition) is 4. The highest BCUT2D eigenvalue weighted by atomic mass is 79.9. The summed E-state index contributed by atoms with van der Waals surface area (Å²) < 4.78 is 11.4. The van der Waals surface area contributed by atoms with Crippen LogP contribution in [0.2, 0.25) is 0 Å². The minimum atomic E-state index is -0.451. The first kappa shape index (κ1) is 21.7. The van der Waals surface area contributed by atoms with E-state index < -0.39 is 11.8 Å². The second-order valence-electron chi connectivity index (χ2n) is 7.62. The standard InChI is InChI=1S/C27H19BrN2O4/c28-22-8-4-3-7-21(22)26(31)30-23(13-17-9-12-24-25(14-17)34-16-33-24)27(32)29-20-11-10-18-5-1-2-6-19(18)15-20/h1-15H,16H2,(H,29,32)(H,30,31)/b23-13-. The smallest absolute Gasteiger partial charge is 0.272 e. The van der Waals surface area contributed by atoms with Crippen LogP contribution in [-0.2, 0) is 4.79 Å². The van der Waals surface area contributed by atoms with Crippen LogP contribution in [0.1, 0.15) is 15.9 Å². The van der Waals surface area contributed by atoms with Gasteiger partial charge in [-0.3, -0.25) is 9.59 Å². The van der Waals surface area contributed by atoms with E-state index in [2.05, 4.69) is 26.6 Å². The maximum atomic E-state index is 13.3. The second-order valence-corrected chi connectivity index (χ2v) is 8.48. The molecule has 1 aliphatic heterocycles. The molecule has 4 aromatic carbocycles. The van der Waals surface area contributed by atoms with Crippen LogP contribution in [0.3, 0.4) is 0 Å². The number of benzene rings is 4. The number of fused-ring (bicyclic) bond motifs is 2. The van der Waals surface area contributed by atoms with E-state index in [0.29, 0.717) is 32.8 Å². The first-order valence-corrected chi connectivity index (χ1v) is 11.3. The number of hydrogen-bond donors (Lipinski definition) is 2. The van der Waals surface area contributed by atoms with Crippen molar-refractivity contribution >= 4 is 50.3 Å². The minimum Gasteiger partial charge on any atom is -0.454 e. The van der Waals surface area contributed by atoms with Crippen molar-refractivity contribution in [3.05, 3.63) is 106 Å². The quantitative estimate of drug-likeness (QED) is 0.333. The molecule has 0 atom stereocenters. The molecular weight excluding hydrogens is 496 g/mol. The van der Waals surface area contributed by atoms with Gasteiger partial charge in [-0.2, -0.15) is 0 Å². The van der Waals surface area contributed by atoms with Crippen molar-refractivity contribution in [2.75, 3.05) is 12.1 Å². The third-order valence-electron chi connectivity index (χ3n) is 5.33. The van der Waals surface area contributed by atoms with Crippen LogP contribution >= 0.6 is 15.9 Å². The molecule has 34 heavy (non-hydrogen) atoms. The molecule has 168 valence electrons. The van der Waals surface area contributed by atoms with E-state index in [1.807, 2.05) is 48.5 Å². The molecular formula is C27H19BrN2O4. The van der Waals surface area contributed by atoms with Crippen molar-refractivity contribution in [3.8, 4) is 11.5 Å². The summed E-state index contributed by atoms with van der Waals surface area (Å²) in [5.41, 5.74) is 1.81. The molecule has 0 saturated heterocycles. The third-order valence-corrected chi connectivity index (χ3v) is 6.02. The molecule has 0 saturated carbocycles. The largest absolute Gasteiger partial charge is 0.454 e. The Labute approximate surface area is 204 Å². The topological polar surface area (TPSA) is 76.7 Å². The van der Waals surface area contributed by atoms with Crippen molar-refractivity contribution < 1.29 is 19.1 Å². The van der Waals surface area contributed by atoms with Crippen LogP contribution in [0.4, 0.5) is 5.69 Å². The lowest BCUT2D eigenvalue weighted by atomic mass is 10.1. The van der Waals surface area contributed by atoms with Crippen LogP contribution in [0.25, 0.3) is 16.8 Å². The van der Waals surface area contributed by atoms with Crippen molar-refractivity contribution in [1.82, 2.24) is 5.32 Å². The molecule has 0 fully saturated rings. The fraction of sp³-hybridized carbons (Fsp3) is 0.0370. The Morgan fingerprint density at radius 3 is 2.44 bits per heavy atom. The average Bonchev–Trinajstić information content (AvgIpc) is 3.32. The zero-order chi connectivity index (χ0) is 23.5. The lowest BCUT2D eigenvalue weighted by Gasteiger charge is -2.13. The first-order chi connectivity index (χ1) is 16.6. The average molecular weight is 515 g/mol. The maximum Gasteiger partial charge on any atom is 0.272 e. The van der Waals surface area contributed by atoms with Gasteiger partial charge in [-0.25, -0.2) is 0 Å². The van der Waals surface area contributed by atoms with E-state index in [1.165, 1.54) is 0 Å². The molecule has 4 aromatic rings. The highest BCUT2D eigenvalue weighted by Crippen LogP contribution is 2.33. The summed E-state index contributed by atoms with van der Waals surface area (Å²) in [6, 6.07) is 25.9. The Morgan fingerprint density at radius 1 is 0.824 bits per heavy atom. The summed E-state index contributed by atoms with van der Waals surface area (Å²) in [6.07, 6.45) is 1.60. The highest BCUT2D eigenvalue weighted by molar-refractivity contribution is 9.10. The van der Waals surface area contributed by atoms with Gasteiger partial charge in [0.05, 0.1) is 5.56 Å². The molecule has 2 N–H and O–H groups in total. The summed E-state index contributed by atoms with van der Waals surface area (Å²) in [4.78, 5) is 26.3. The van der Waals surface area contributed by atoms with Gasteiger partial charge in [-0.05, 0) is 74.7 Å². The monoisotopic (exact) mass is 514 g/mol. The Bertz CT molecular complexity index is 1450. The van der Waals surface area contributed by atoms with Gasteiger partial charge in [0.2, 0.25) is 6.79 Å². The molecule has 0 aromatic heterocycles. The summed E-state index contributed by atoms with van der Waals surface area (Å²) in [5, 5.41) is 7.71. The van der Waals surface area contributed by atoms with Gasteiger partial charge in [0.25, 0.3) is 11.8 Å². The molecule has 1 aliphatic rings. The molecule has 0 bridgehead atoms. The van der Waals surface area contributed by atoms with E-state index in [4.69, 9.17) is 9.47 Å². The maximum absolute atomic E-state index is 13.3. The van der Waals surface area contributed by atoms with Crippen molar-refractivity contribution in [2.24, 2.45) is 0 Å². The highest BCUT2D eigenvalue weighted by Gasteiger charge is 2.18. The van der Waals surface area contributed by atoms with Crippen molar-refractivity contribution in [3.63, 3.8) is 0 Å². The number of carbonyl (C=O) groups excluding carboxylic acids is 2. The molecule has 6 nitrogen and oxygen atoms in total. The zero-order valence-electron chi connectivity index (χ0n) is 17.9. The number of amides is 2.